The first-order valence-corrected chi connectivity index (χ1v) is 16.4. The average Bonchev–Trinajstić information content (AvgIpc) is 3.00. The summed E-state index contributed by atoms with van der Waals surface area (Å²) in [6.45, 7) is 9.23. The molecule has 0 fully saturated rings. The van der Waals surface area contributed by atoms with Gasteiger partial charge in [-0.2, -0.15) is 0 Å². The van der Waals surface area contributed by atoms with Crippen LogP contribution in [0.2, 0.25) is 0 Å². The van der Waals surface area contributed by atoms with Gasteiger partial charge in [-0.1, -0.05) is 50.2 Å². The molecule has 0 aliphatic rings. The van der Waals surface area contributed by atoms with Crippen molar-refractivity contribution < 1.29 is 27.5 Å². The highest BCUT2D eigenvalue weighted by Crippen LogP contribution is 2.33. The minimum Gasteiger partial charge on any atom is -0.493 e. The Labute approximate surface area is 262 Å². The van der Waals surface area contributed by atoms with Gasteiger partial charge in [0.1, 0.15) is 12.6 Å². The van der Waals surface area contributed by atoms with Crippen LogP contribution in [0.4, 0.5) is 5.69 Å². The number of nitrogens with one attached hydrogen (secondary N) is 1. The number of benzene rings is 3. The van der Waals surface area contributed by atoms with Gasteiger partial charge in [0.05, 0.1) is 24.8 Å². The third-order valence-corrected chi connectivity index (χ3v) is 9.36. The van der Waals surface area contributed by atoms with E-state index in [-0.39, 0.29) is 29.1 Å². The topological polar surface area (TPSA) is 105 Å². The molecule has 0 spiro atoms. The minimum atomic E-state index is -4.27. The van der Waals surface area contributed by atoms with Crippen LogP contribution < -0.4 is 19.1 Å². The van der Waals surface area contributed by atoms with Gasteiger partial charge in [-0.05, 0) is 81.0 Å². The number of amides is 2. The van der Waals surface area contributed by atoms with Gasteiger partial charge in [-0.15, -0.1) is 0 Å². The van der Waals surface area contributed by atoms with E-state index in [9.17, 15) is 18.0 Å². The number of anilines is 1. The molecule has 0 bridgehead atoms. The van der Waals surface area contributed by atoms with Crippen LogP contribution in [-0.2, 0) is 26.0 Å². The predicted octanol–water partition coefficient (Wildman–Crippen LogP) is 5.28. The molecule has 3 aromatic rings. The van der Waals surface area contributed by atoms with Gasteiger partial charge < -0.3 is 19.7 Å². The SMILES string of the molecule is CC[C@@H](C)NC(=O)[C@H](CC)N(CCc1ccccc1)C(=O)CN(c1cc(C)cc(C)c1)S(=O)(=O)c1ccc(OC)c(OC)c1. The highest BCUT2D eigenvalue weighted by molar-refractivity contribution is 7.92. The van der Waals surface area contributed by atoms with Crippen molar-refractivity contribution in [3.8, 4) is 11.5 Å². The van der Waals surface area contributed by atoms with E-state index in [1.807, 2.05) is 71.0 Å². The second kappa shape index (κ2) is 15.6. The zero-order valence-electron chi connectivity index (χ0n) is 26.8. The molecule has 0 aliphatic heterocycles. The number of hydrogen-bond donors (Lipinski definition) is 1. The van der Waals surface area contributed by atoms with Crippen LogP contribution in [0.15, 0.2) is 71.6 Å². The van der Waals surface area contributed by atoms with Crippen molar-refractivity contribution in [1.82, 2.24) is 10.2 Å². The zero-order chi connectivity index (χ0) is 32.4. The van der Waals surface area contributed by atoms with Crippen LogP contribution in [0.25, 0.3) is 0 Å². The van der Waals surface area contributed by atoms with E-state index >= 15 is 0 Å². The maximum absolute atomic E-state index is 14.3. The van der Waals surface area contributed by atoms with Crippen LogP contribution in [0.5, 0.6) is 11.5 Å². The molecular weight excluding hydrogens is 578 g/mol. The summed E-state index contributed by atoms with van der Waals surface area (Å²) in [6.07, 6.45) is 1.62. The number of ether oxygens (including phenoxy) is 2. The maximum Gasteiger partial charge on any atom is 0.264 e. The van der Waals surface area contributed by atoms with Crippen molar-refractivity contribution in [3.63, 3.8) is 0 Å². The van der Waals surface area contributed by atoms with Crippen molar-refractivity contribution in [1.29, 1.82) is 0 Å². The highest BCUT2D eigenvalue weighted by atomic mass is 32.2. The van der Waals surface area contributed by atoms with Gasteiger partial charge in [-0.25, -0.2) is 8.42 Å². The van der Waals surface area contributed by atoms with Crippen LogP contribution in [0, 0.1) is 13.8 Å². The smallest absolute Gasteiger partial charge is 0.264 e. The van der Waals surface area contributed by atoms with Gasteiger partial charge in [0.2, 0.25) is 11.8 Å². The average molecular weight is 624 g/mol. The summed E-state index contributed by atoms with van der Waals surface area (Å²) in [5.41, 5.74) is 3.05. The van der Waals surface area contributed by atoms with Crippen LogP contribution in [0.3, 0.4) is 0 Å². The lowest BCUT2D eigenvalue weighted by Crippen LogP contribution is -2.54. The van der Waals surface area contributed by atoms with Crippen LogP contribution in [0.1, 0.15) is 50.3 Å². The molecule has 9 nitrogen and oxygen atoms in total. The summed E-state index contributed by atoms with van der Waals surface area (Å²) in [4.78, 5) is 29.2. The first kappa shape index (κ1) is 34.4. The number of carbonyl (C=O) groups is 2. The Morgan fingerprint density at radius 1 is 0.864 bits per heavy atom. The predicted molar refractivity (Wildman–Crippen MR) is 174 cm³/mol. The number of methoxy groups -OCH3 is 2. The molecule has 0 unspecified atom stereocenters. The van der Waals surface area contributed by atoms with Crippen molar-refractivity contribution in [3.05, 3.63) is 83.4 Å². The van der Waals surface area contributed by atoms with Gasteiger partial charge in [-0.3, -0.25) is 13.9 Å². The Hall–Kier alpha value is -4.05. The van der Waals surface area contributed by atoms with Crippen LogP contribution >= 0.6 is 0 Å². The summed E-state index contributed by atoms with van der Waals surface area (Å²) in [5.74, 6) is -0.109. The quantitative estimate of drug-likeness (QED) is 0.247. The number of aryl methyl sites for hydroxylation is 2. The van der Waals surface area contributed by atoms with E-state index in [0.29, 0.717) is 24.3 Å². The molecule has 3 rings (SSSR count). The Morgan fingerprint density at radius 2 is 1.50 bits per heavy atom. The zero-order valence-corrected chi connectivity index (χ0v) is 27.6. The number of nitrogens with zero attached hydrogens (tertiary/aromatic N) is 2. The summed E-state index contributed by atoms with van der Waals surface area (Å²) >= 11 is 0. The molecule has 0 radical (unpaired) electrons. The molecule has 0 aromatic heterocycles. The van der Waals surface area contributed by atoms with Crippen LogP contribution in [-0.4, -0.2) is 64.5 Å². The Morgan fingerprint density at radius 3 is 2.07 bits per heavy atom. The molecule has 0 heterocycles. The van der Waals surface area contributed by atoms with Crippen molar-refractivity contribution in [2.45, 2.75) is 70.9 Å². The van der Waals surface area contributed by atoms with Crippen molar-refractivity contribution in [2.24, 2.45) is 0 Å². The standard InChI is InChI=1S/C34H45N3O6S/c1-8-26(5)35-34(39)30(9-2)36(18-17-27-13-11-10-12-14-27)33(38)23-37(28-20-24(3)19-25(4)21-28)44(40,41)29-15-16-31(42-6)32(22-29)43-7/h10-16,19-22,26,30H,8-9,17-18,23H2,1-7H3,(H,35,39)/t26-,30+/m1/s1. The Balaban J connectivity index is 2.09. The molecule has 3 aromatic carbocycles. The molecule has 0 saturated carbocycles. The number of sulfonamides is 1. The highest BCUT2D eigenvalue weighted by Gasteiger charge is 2.34. The first-order chi connectivity index (χ1) is 20.9. The van der Waals surface area contributed by atoms with Gasteiger partial charge >= 0.3 is 0 Å². The van der Waals surface area contributed by atoms with Crippen molar-refractivity contribution >= 4 is 27.5 Å². The lowest BCUT2D eigenvalue weighted by molar-refractivity contribution is -0.139. The monoisotopic (exact) mass is 623 g/mol. The molecule has 44 heavy (non-hydrogen) atoms. The van der Waals surface area contributed by atoms with E-state index in [1.165, 1.54) is 37.3 Å². The second-order valence-electron chi connectivity index (χ2n) is 10.9. The first-order valence-electron chi connectivity index (χ1n) is 14.9. The third-order valence-electron chi connectivity index (χ3n) is 7.59. The summed E-state index contributed by atoms with van der Waals surface area (Å²) < 4.78 is 40.4. The molecule has 2 amide bonds. The van der Waals surface area contributed by atoms with E-state index < -0.39 is 28.5 Å². The summed E-state index contributed by atoms with van der Waals surface area (Å²) in [7, 11) is -1.37. The lowest BCUT2D eigenvalue weighted by Gasteiger charge is -2.34. The Bertz CT molecular complexity index is 1510. The van der Waals surface area contributed by atoms with E-state index in [1.54, 1.807) is 12.1 Å². The molecule has 1 N–H and O–H groups in total. The second-order valence-corrected chi connectivity index (χ2v) is 12.8. The van der Waals surface area contributed by atoms with Gasteiger partial charge in [0, 0.05) is 18.7 Å². The fourth-order valence-corrected chi connectivity index (χ4v) is 6.48. The summed E-state index contributed by atoms with van der Waals surface area (Å²) in [5, 5.41) is 3.00. The third kappa shape index (κ3) is 8.53. The molecule has 10 heteroatoms. The molecule has 0 aliphatic carbocycles. The van der Waals surface area contributed by atoms with E-state index in [2.05, 4.69) is 5.32 Å². The number of carbonyl (C=O) groups excluding carboxylic acids is 2. The fourth-order valence-electron chi connectivity index (χ4n) is 5.06. The summed E-state index contributed by atoms with van der Waals surface area (Å²) in [6, 6.07) is 18.6. The Kier molecular flexibility index (Phi) is 12.2. The van der Waals surface area contributed by atoms with Gasteiger partial charge in [0.25, 0.3) is 10.0 Å². The maximum atomic E-state index is 14.3. The molecule has 0 saturated heterocycles. The molecule has 238 valence electrons. The lowest BCUT2D eigenvalue weighted by atomic mass is 10.1. The largest absolute Gasteiger partial charge is 0.493 e. The minimum absolute atomic E-state index is 0.0560. The number of hydrogen-bond acceptors (Lipinski definition) is 6. The van der Waals surface area contributed by atoms with Crippen molar-refractivity contribution in [2.75, 3.05) is 31.6 Å². The van der Waals surface area contributed by atoms with Gasteiger partial charge in [0.15, 0.2) is 11.5 Å². The molecule has 2 atom stereocenters. The molecular formula is C34H45N3O6S. The fraction of sp³-hybridized carbons (Fsp3) is 0.412. The number of rotatable bonds is 15. The van der Waals surface area contributed by atoms with E-state index in [0.717, 1.165) is 27.4 Å². The van der Waals surface area contributed by atoms with E-state index in [4.69, 9.17) is 9.47 Å². The normalized spacial score (nSPS) is 12.6.